The zero-order chi connectivity index (χ0) is 11.6. The molecule has 1 saturated carbocycles. The van der Waals surface area contributed by atoms with Crippen molar-refractivity contribution in [1.29, 1.82) is 0 Å². The van der Waals surface area contributed by atoms with Crippen molar-refractivity contribution in [3.05, 3.63) is 0 Å². The van der Waals surface area contributed by atoms with E-state index in [1.165, 1.54) is 26.4 Å². The second-order valence-corrected chi connectivity index (χ2v) is 5.07. The van der Waals surface area contributed by atoms with E-state index in [0.717, 1.165) is 19.3 Å². The molecule has 0 N–H and O–H groups in total. The van der Waals surface area contributed by atoms with Gasteiger partial charge in [0.05, 0.1) is 25.2 Å². The lowest BCUT2D eigenvalue weighted by atomic mass is 9.87. The third-order valence-corrected chi connectivity index (χ3v) is 4.13. The van der Waals surface area contributed by atoms with Crippen LogP contribution in [0.15, 0.2) is 0 Å². The molecule has 3 heteroatoms. The van der Waals surface area contributed by atoms with Crippen molar-refractivity contribution >= 4 is 5.97 Å². The Morgan fingerprint density at radius 1 is 1.44 bits per heavy atom. The van der Waals surface area contributed by atoms with Crippen LogP contribution in [0.1, 0.15) is 51.9 Å². The van der Waals surface area contributed by atoms with Gasteiger partial charge in [-0.2, -0.15) is 0 Å². The van der Waals surface area contributed by atoms with Crippen LogP contribution < -0.4 is 0 Å². The van der Waals surface area contributed by atoms with Gasteiger partial charge in [-0.25, -0.2) is 0 Å². The Balaban J connectivity index is 1.86. The Morgan fingerprint density at radius 2 is 2.25 bits per heavy atom. The number of rotatable bonds is 6. The first-order chi connectivity index (χ1) is 7.73. The number of fused-ring (bicyclic) bond motifs is 1. The van der Waals surface area contributed by atoms with Gasteiger partial charge in [0.15, 0.2) is 0 Å². The Morgan fingerprint density at radius 3 is 2.88 bits per heavy atom. The van der Waals surface area contributed by atoms with Gasteiger partial charge in [0.2, 0.25) is 0 Å². The molecule has 2 aliphatic rings. The van der Waals surface area contributed by atoms with Gasteiger partial charge < -0.3 is 9.47 Å². The van der Waals surface area contributed by atoms with Crippen molar-refractivity contribution in [1.82, 2.24) is 0 Å². The van der Waals surface area contributed by atoms with E-state index in [0.29, 0.717) is 18.4 Å². The summed E-state index contributed by atoms with van der Waals surface area (Å²) in [5.74, 6) is 0.317. The number of hydrogen-bond acceptors (Lipinski definition) is 3. The minimum Gasteiger partial charge on any atom is -0.469 e. The Bertz CT molecular complexity index is 264. The summed E-state index contributed by atoms with van der Waals surface area (Å²) in [7, 11) is 1.46. The third-order valence-electron chi connectivity index (χ3n) is 4.13. The Hall–Kier alpha value is -0.570. The zero-order valence-electron chi connectivity index (χ0n) is 10.3. The lowest BCUT2D eigenvalue weighted by Gasteiger charge is -2.19. The number of carbonyl (C=O) groups excluding carboxylic acids is 1. The SMILES string of the molecule is CCCCCC12OC1CC[C@@H]2CC(=O)OC. The van der Waals surface area contributed by atoms with E-state index < -0.39 is 0 Å². The largest absolute Gasteiger partial charge is 0.469 e. The zero-order valence-corrected chi connectivity index (χ0v) is 10.3. The van der Waals surface area contributed by atoms with Crippen molar-refractivity contribution in [3.8, 4) is 0 Å². The van der Waals surface area contributed by atoms with Gasteiger partial charge in [0.25, 0.3) is 0 Å². The molecule has 1 saturated heterocycles. The van der Waals surface area contributed by atoms with E-state index in [1.54, 1.807) is 0 Å². The molecule has 2 fully saturated rings. The standard InChI is InChI=1S/C13H22O3/c1-3-4-5-8-13-10(9-12(14)15-2)6-7-11(13)16-13/h10-11H,3-9H2,1-2H3/t10-,11?,13?/m1/s1. The molecular formula is C13H22O3. The van der Waals surface area contributed by atoms with Crippen LogP contribution in [0.5, 0.6) is 0 Å². The monoisotopic (exact) mass is 226 g/mol. The molecular weight excluding hydrogens is 204 g/mol. The molecule has 0 amide bonds. The molecule has 3 nitrogen and oxygen atoms in total. The summed E-state index contributed by atoms with van der Waals surface area (Å²) in [6.45, 7) is 2.21. The van der Waals surface area contributed by atoms with E-state index in [2.05, 4.69) is 6.92 Å². The van der Waals surface area contributed by atoms with Gasteiger partial charge in [0.1, 0.15) is 0 Å². The summed E-state index contributed by atoms with van der Waals surface area (Å²) < 4.78 is 10.6. The van der Waals surface area contributed by atoms with Crippen molar-refractivity contribution in [2.24, 2.45) is 5.92 Å². The predicted molar refractivity (Wildman–Crippen MR) is 61.1 cm³/mol. The highest BCUT2D eigenvalue weighted by Gasteiger charge is 2.64. The third kappa shape index (κ3) is 2.10. The topological polar surface area (TPSA) is 38.8 Å². The summed E-state index contributed by atoms with van der Waals surface area (Å²) in [6.07, 6.45) is 8.11. The van der Waals surface area contributed by atoms with Gasteiger partial charge in [0, 0.05) is 5.92 Å². The highest BCUT2D eigenvalue weighted by molar-refractivity contribution is 5.69. The fraction of sp³-hybridized carbons (Fsp3) is 0.923. The van der Waals surface area contributed by atoms with Crippen LogP contribution in [-0.4, -0.2) is 24.8 Å². The molecule has 0 spiro atoms. The second kappa shape index (κ2) is 4.74. The van der Waals surface area contributed by atoms with Gasteiger partial charge in [-0.3, -0.25) is 4.79 Å². The first-order valence-corrected chi connectivity index (χ1v) is 6.47. The van der Waals surface area contributed by atoms with Crippen LogP contribution in [0.3, 0.4) is 0 Å². The highest BCUT2D eigenvalue weighted by atomic mass is 16.6. The Kier molecular flexibility index (Phi) is 3.53. The van der Waals surface area contributed by atoms with Crippen LogP contribution in [0.25, 0.3) is 0 Å². The minimum atomic E-state index is -0.0870. The molecule has 0 radical (unpaired) electrons. The average molecular weight is 226 g/mol. The van der Waals surface area contributed by atoms with Gasteiger partial charge in [-0.15, -0.1) is 0 Å². The Labute approximate surface area is 97.5 Å². The van der Waals surface area contributed by atoms with Crippen molar-refractivity contribution in [3.63, 3.8) is 0 Å². The smallest absolute Gasteiger partial charge is 0.305 e. The number of unbranched alkanes of at least 4 members (excludes halogenated alkanes) is 2. The quantitative estimate of drug-likeness (QED) is 0.397. The summed E-state index contributed by atoms with van der Waals surface area (Å²) in [4.78, 5) is 11.3. The van der Waals surface area contributed by atoms with E-state index in [9.17, 15) is 4.79 Å². The van der Waals surface area contributed by atoms with Crippen LogP contribution in [0, 0.1) is 5.92 Å². The molecule has 0 aromatic heterocycles. The molecule has 1 aliphatic carbocycles. The number of epoxide rings is 1. The van der Waals surface area contributed by atoms with Gasteiger partial charge in [-0.1, -0.05) is 26.2 Å². The molecule has 2 rings (SSSR count). The predicted octanol–water partition coefficient (Wildman–Crippen LogP) is 2.68. The normalized spacial score (nSPS) is 35.9. The molecule has 92 valence electrons. The van der Waals surface area contributed by atoms with E-state index in [-0.39, 0.29) is 11.6 Å². The van der Waals surface area contributed by atoms with E-state index >= 15 is 0 Å². The molecule has 3 atom stereocenters. The van der Waals surface area contributed by atoms with Crippen molar-refractivity contribution < 1.29 is 14.3 Å². The fourth-order valence-corrected chi connectivity index (χ4v) is 3.12. The summed E-state index contributed by atoms with van der Waals surface area (Å²) >= 11 is 0. The van der Waals surface area contributed by atoms with Gasteiger partial charge >= 0.3 is 5.97 Å². The molecule has 0 aromatic carbocycles. The molecule has 0 bridgehead atoms. The number of hydrogen-bond donors (Lipinski definition) is 0. The van der Waals surface area contributed by atoms with Crippen LogP contribution in [0.4, 0.5) is 0 Å². The summed E-state index contributed by atoms with van der Waals surface area (Å²) in [5.41, 5.74) is 0.0589. The van der Waals surface area contributed by atoms with Crippen molar-refractivity contribution in [2.45, 2.75) is 63.6 Å². The van der Waals surface area contributed by atoms with Crippen LogP contribution in [-0.2, 0) is 14.3 Å². The average Bonchev–Trinajstić information content (AvgIpc) is 2.91. The second-order valence-electron chi connectivity index (χ2n) is 5.07. The van der Waals surface area contributed by atoms with E-state index in [1.807, 2.05) is 0 Å². The fourth-order valence-electron chi connectivity index (χ4n) is 3.12. The highest BCUT2D eigenvalue weighted by Crippen LogP contribution is 2.57. The number of methoxy groups -OCH3 is 1. The number of ether oxygens (including phenoxy) is 2. The lowest BCUT2D eigenvalue weighted by Crippen LogP contribution is -2.25. The lowest BCUT2D eigenvalue weighted by molar-refractivity contribution is -0.142. The minimum absolute atomic E-state index is 0.0589. The molecule has 2 unspecified atom stereocenters. The van der Waals surface area contributed by atoms with E-state index in [4.69, 9.17) is 9.47 Å². The van der Waals surface area contributed by atoms with Crippen LogP contribution in [0.2, 0.25) is 0 Å². The molecule has 1 aliphatic heterocycles. The molecule has 1 heterocycles. The first-order valence-electron chi connectivity index (χ1n) is 6.47. The maximum Gasteiger partial charge on any atom is 0.305 e. The number of esters is 1. The molecule has 0 aromatic rings. The first kappa shape index (κ1) is 11.9. The summed E-state index contributed by atoms with van der Waals surface area (Å²) in [6, 6.07) is 0. The van der Waals surface area contributed by atoms with Crippen LogP contribution >= 0.6 is 0 Å². The van der Waals surface area contributed by atoms with Crippen molar-refractivity contribution in [2.75, 3.05) is 7.11 Å². The molecule has 16 heavy (non-hydrogen) atoms. The maximum absolute atomic E-state index is 11.3. The number of carbonyl (C=O) groups is 1. The van der Waals surface area contributed by atoms with Gasteiger partial charge in [-0.05, 0) is 19.3 Å². The summed E-state index contributed by atoms with van der Waals surface area (Å²) in [5, 5.41) is 0. The maximum atomic E-state index is 11.3.